The van der Waals surface area contributed by atoms with E-state index in [1.807, 2.05) is 19.9 Å². The fraction of sp³-hybridized carbons (Fsp3) is 0.500. The maximum absolute atomic E-state index is 12.5. The second-order valence-electron chi connectivity index (χ2n) is 5.68. The summed E-state index contributed by atoms with van der Waals surface area (Å²) in [6.07, 6.45) is 1.54. The number of likely N-dealkylation sites (N-methyl/N-ethyl adjacent to an activating group) is 1. The van der Waals surface area contributed by atoms with Gasteiger partial charge in [-0.3, -0.25) is 9.59 Å². The van der Waals surface area contributed by atoms with E-state index in [0.29, 0.717) is 37.4 Å². The number of hydrogen-bond acceptors (Lipinski definition) is 4. The lowest BCUT2D eigenvalue weighted by Crippen LogP contribution is -2.48. The molecule has 0 saturated carbocycles. The van der Waals surface area contributed by atoms with Crippen LogP contribution in [0.2, 0.25) is 0 Å². The van der Waals surface area contributed by atoms with Gasteiger partial charge in [0.25, 0.3) is 5.91 Å². The molecule has 0 radical (unpaired) electrons. The predicted molar refractivity (Wildman–Crippen MR) is 89.3 cm³/mol. The molecular formula is C18H23N3O3. The molecule has 2 rings (SSSR count). The van der Waals surface area contributed by atoms with Gasteiger partial charge < -0.3 is 14.5 Å². The lowest BCUT2D eigenvalue weighted by atomic mass is 10.2. The van der Waals surface area contributed by atoms with E-state index in [1.54, 1.807) is 34.1 Å². The summed E-state index contributed by atoms with van der Waals surface area (Å²) < 4.78 is 5.50. The molecule has 6 nitrogen and oxygen atoms in total. The molecule has 1 saturated heterocycles. The first kappa shape index (κ1) is 17.8. The van der Waals surface area contributed by atoms with Crippen LogP contribution in [0.5, 0.6) is 5.75 Å². The summed E-state index contributed by atoms with van der Waals surface area (Å²) in [5.74, 6) is 0.375. The van der Waals surface area contributed by atoms with Crippen LogP contribution in [0, 0.1) is 11.3 Å². The van der Waals surface area contributed by atoms with Gasteiger partial charge in [-0.1, -0.05) is 0 Å². The van der Waals surface area contributed by atoms with E-state index in [9.17, 15) is 9.59 Å². The van der Waals surface area contributed by atoms with E-state index in [0.717, 1.165) is 6.42 Å². The smallest absolute Gasteiger partial charge is 0.261 e. The van der Waals surface area contributed by atoms with Crippen molar-refractivity contribution in [2.75, 3.05) is 26.2 Å². The van der Waals surface area contributed by atoms with E-state index in [1.165, 1.54) is 0 Å². The van der Waals surface area contributed by atoms with E-state index in [-0.39, 0.29) is 24.5 Å². The Hall–Kier alpha value is -2.55. The van der Waals surface area contributed by atoms with Gasteiger partial charge >= 0.3 is 0 Å². The highest BCUT2D eigenvalue weighted by molar-refractivity contribution is 5.88. The normalized spacial score (nSPS) is 16.5. The Kier molecular flexibility index (Phi) is 6.19. The number of ether oxygens (including phenoxy) is 1. The zero-order valence-electron chi connectivity index (χ0n) is 14.2. The molecule has 1 fully saturated rings. The molecule has 1 aliphatic rings. The molecule has 128 valence electrons. The minimum Gasteiger partial charge on any atom is -0.484 e. The van der Waals surface area contributed by atoms with E-state index >= 15 is 0 Å². The highest BCUT2D eigenvalue weighted by atomic mass is 16.5. The minimum atomic E-state index is -0.373. The van der Waals surface area contributed by atoms with Crippen LogP contribution >= 0.6 is 0 Å². The van der Waals surface area contributed by atoms with Gasteiger partial charge in [0.1, 0.15) is 11.8 Å². The number of nitrogens with zero attached hydrogens (tertiary/aromatic N) is 3. The monoisotopic (exact) mass is 329 g/mol. The van der Waals surface area contributed by atoms with Crippen LogP contribution < -0.4 is 4.74 Å². The average molecular weight is 329 g/mol. The maximum Gasteiger partial charge on any atom is 0.261 e. The van der Waals surface area contributed by atoms with Crippen molar-refractivity contribution in [1.29, 1.82) is 5.26 Å². The fourth-order valence-electron chi connectivity index (χ4n) is 2.92. The molecule has 0 N–H and O–H groups in total. The maximum atomic E-state index is 12.5. The molecule has 0 unspecified atom stereocenters. The highest BCUT2D eigenvalue weighted by Gasteiger charge is 2.35. The Morgan fingerprint density at radius 1 is 1.29 bits per heavy atom. The Bertz CT molecular complexity index is 617. The number of nitriles is 1. The third kappa shape index (κ3) is 4.05. The molecule has 0 bridgehead atoms. The molecule has 1 aliphatic heterocycles. The third-order valence-electron chi connectivity index (χ3n) is 4.28. The molecule has 0 aliphatic carbocycles. The number of benzene rings is 1. The van der Waals surface area contributed by atoms with Crippen molar-refractivity contribution < 1.29 is 14.3 Å². The lowest BCUT2D eigenvalue weighted by molar-refractivity contribution is -0.144. The first-order valence-electron chi connectivity index (χ1n) is 8.31. The van der Waals surface area contributed by atoms with Gasteiger partial charge in [-0.05, 0) is 51.0 Å². The quantitative estimate of drug-likeness (QED) is 0.797. The molecular weight excluding hydrogens is 306 g/mol. The summed E-state index contributed by atoms with van der Waals surface area (Å²) in [4.78, 5) is 28.4. The largest absolute Gasteiger partial charge is 0.484 e. The molecule has 0 aromatic heterocycles. The summed E-state index contributed by atoms with van der Waals surface area (Å²) in [5, 5.41) is 8.77. The average Bonchev–Trinajstić information content (AvgIpc) is 3.11. The molecule has 6 heteroatoms. The Labute approximate surface area is 142 Å². The molecule has 1 atom stereocenters. The third-order valence-corrected chi connectivity index (χ3v) is 4.28. The number of rotatable bonds is 6. The van der Waals surface area contributed by atoms with Crippen LogP contribution in [0.3, 0.4) is 0 Å². The van der Waals surface area contributed by atoms with E-state index in [2.05, 4.69) is 0 Å². The fourth-order valence-corrected chi connectivity index (χ4v) is 2.92. The molecule has 0 spiro atoms. The van der Waals surface area contributed by atoms with Crippen LogP contribution in [0.4, 0.5) is 0 Å². The van der Waals surface area contributed by atoms with Gasteiger partial charge in [0, 0.05) is 19.6 Å². The van der Waals surface area contributed by atoms with Crippen LogP contribution in [-0.2, 0) is 9.59 Å². The van der Waals surface area contributed by atoms with Gasteiger partial charge in [-0.25, -0.2) is 0 Å². The molecule has 1 aromatic rings. The molecule has 2 amide bonds. The zero-order valence-corrected chi connectivity index (χ0v) is 14.2. The number of likely N-dealkylation sites (tertiary alicyclic amines) is 1. The highest BCUT2D eigenvalue weighted by Crippen LogP contribution is 2.20. The van der Waals surface area contributed by atoms with Crippen molar-refractivity contribution in [3.63, 3.8) is 0 Å². The van der Waals surface area contributed by atoms with Gasteiger partial charge in [0.2, 0.25) is 5.91 Å². The van der Waals surface area contributed by atoms with Crippen LogP contribution in [0.1, 0.15) is 32.3 Å². The lowest BCUT2D eigenvalue weighted by Gasteiger charge is -2.29. The summed E-state index contributed by atoms with van der Waals surface area (Å²) in [7, 11) is 0. The summed E-state index contributed by atoms with van der Waals surface area (Å²) in [5.41, 5.74) is 0.540. The second kappa shape index (κ2) is 8.34. The molecule has 24 heavy (non-hydrogen) atoms. The van der Waals surface area contributed by atoms with Gasteiger partial charge in [-0.2, -0.15) is 5.26 Å². The van der Waals surface area contributed by atoms with E-state index in [4.69, 9.17) is 10.00 Å². The summed E-state index contributed by atoms with van der Waals surface area (Å²) in [6, 6.07) is 8.26. The van der Waals surface area contributed by atoms with Gasteiger partial charge in [-0.15, -0.1) is 0 Å². The minimum absolute atomic E-state index is 0.0178. The van der Waals surface area contributed by atoms with Gasteiger partial charge in [0.15, 0.2) is 6.61 Å². The van der Waals surface area contributed by atoms with Crippen molar-refractivity contribution in [2.24, 2.45) is 0 Å². The summed E-state index contributed by atoms with van der Waals surface area (Å²) in [6.45, 7) is 5.67. The van der Waals surface area contributed by atoms with Crippen LogP contribution in [0.15, 0.2) is 24.3 Å². The van der Waals surface area contributed by atoms with Gasteiger partial charge in [0.05, 0.1) is 11.6 Å². The second-order valence-corrected chi connectivity index (χ2v) is 5.68. The molecule has 1 heterocycles. The SMILES string of the molecule is CCN(CC)C(=O)[C@@H]1CCCN1C(=O)COc1ccc(C#N)cc1. The number of carbonyl (C=O) groups is 2. The summed E-state index contributed by atoms with van der Waals surface area (Å²) >= 11 is 0. The Morgan fingerprint density at radius 3 is 2.54 bits per heavy atom. The first-order chi connectivity index (χ1) is 11.6. The topological polar surface area (TPSA) is 73.6 Å². The van der Waals surface area contributed by atoms with Crippen molar-refractivity contribution in [1.82, 2.24) is 9.80 Å². The predicted octanol–water partition coefficient (Wildman–Crippen LogP) is 1.80. The first-order valence-corrected chi connectivity index (χ1v) is 8.31. The molecule has 1 aromatic carbocycles. The van der Waals surface area contributed by atoms with Crippen LogP contribution in [-0.4, -0.2) is 53.9 Å². The Balaban J connectivity index is 1.95. The number of carbonyl (C=O) groups excluding carboxylic acids is 2. The number of amides is 2. The number of hydrogen-bond donors (Lipinski definition) is 0. The Morgan fingerprint density at radius 2 is 1.96 bits per heavy atom. The zero-order chi connectivity index (χ0) is 17.5. The standard InChI is InChI=1S/C18H23N3O3/c1-3-20(4-2)18(23)16-6-5-11-21(16)17(22)13-24-15-9-7-14(12-19)8-10-15/h7-10,16H,3-6,11,13H2,1-2H3/t16-/m0/s1. The van der Waals surface area contributed by atoms with Crippen molar-refractivity contribution >= 4 is 11.8 Å². The van der Waals surface area contributed by atoms with Crippen molar-refractivity contribution in [3.8, 4) is 11.8 Å². The van der Waals surface area contributed by atoms with Crippen molar-refractivity contribution in [3.05, 3.63) is 29.8 Å². The van der Waals surface area contributed by atoms with Crippen LogP contribution in [0.25, 0.3) is 0 Å². The van der Waals surface area contributed by atoms with Crippen molar-refractivity contribution in [2.45, 2.75) is 32.7 Å². The van der Waals surface area contributed by atoms with E-state index < -0.39 is 0 Å².